The fourth-order valence-corrected chi connectivity index (χ4v) is 3.52. The highest BCUT2D eigenvalue weighted by Crippen LogP contribution is 2.26. The van der Waals surface area contributed by atoms with E-state index in [1.54, 1.807) is 12.4 Å². The summed E-state index contributed by atoms with van der Waals surface area (Å²) >= 11 is 0. The second-order valence-electron chi connectivity index (χ2n) is 7.32. The summed E-state index contributed by atoms with van der Waals surface area (Å²) in [6.45, 7) is 1.84. The standard InChI is InChI=1S/C25H20N4O2/c1-16(27-21-8-4-6-17-5-2-3-7-20(17)21)24(30)28-19-9-10-23-22(15-19)29-25(31-23)18-11-13-26-14-12-18/h2-16,27H,1H3,(H,28,30)/t16-/m1/s1. The Morgan fingerprint density at radius 3 is 2.65 bits per heavy atom. The molecule has 0 saturated carbocycles. The summed E-state index contributed by atoms with van der Waals surface area (Å²) in [6.07, 6.45) is 3.39. The van der Waals surface area contributed by atoms with E-state index in [1.807, 2.05) is 67.6 Å². The third-order valence-electron chi connectivity index (χ3n) is 5.14. The van der Waals surface area contributed by atoms with Gasteiger partial charge in [-0.15, -0.1) is 0 Å². The zero-order valence-electron chi connectivity index (χ0n) is 16.9. The van der Waals surface area contributed by atoms with E-state index in [0.29, 0.717) is 22.7 Å². The van der Waals surface area contributed by atoms with Crippen LogP contribution < -0.4 is 10.6 Å². The van der Waals surface area contributed by atoms with Crippen molar-refractivity contribution in [3.8, 4) is 11.5 Å². The Morgan fingerprint density at radius 1 is 0.968 bits per heavy atom. The molecular weight excluding hydrogens is 388 g/mol. The molecule has 1 amide bonds. The molecule has 0 aliphatic rings. The number of carbonyl (C=O) groups is 1. The Bertz CT molecular complexity index is 1370. The van der Waals surface area contributed by atoms with Crippen LogP contribution in [0.25, 0.3) is 33.3 Å². The van der Waals surface area contributed by atoms with Crippen LogP contribution in [0.1, 0.15) is 6.92 Å². The molecule has 31 heavy (non-hydrogen) atoms. The number of pyridine rings is 1. The SMILES string of the molecule is C[C@@H](Nc1cccc2ccccc12)C(=O)Nc1ccc2oc(-c3ccncc3)nc2c1. The predicted molar refractivity (Wildman–Crippen MR) is 123 cm³/mol. The number of nitrogens with one attached hydrogen (secondary N) is 2. The minimum absolute atomic E-state index is 0.134. The second-order valence-corrected chi connectivity index (χ2v) is 7.32. The zero-order valence-corrected chi connectivity index (χ0v) is 16.9. The third kappa shape index (κ3) is 3.83. The summed E-state index contributed by atoms with van der Waals surface area (Å²) in [6, 6.07) is 22.8. The van der Waals surface area contributed by atoms with Gasteiger partial charge >= 0.3 is 0 Å². The van der Waals surface area contributed by atoms with Gasteiger partial charge in [-0.25, -0.2) is 4.98 Å². The van der Waals surface area contributed by atoms with Gasteiger partial charge in [0.1, 0.15) is 11.6 Å². The van der Waals surface area contributed by atoms with E-state index in [2.05, 4.69) is 32.7 Å². The molecule has 6 nitrogen and oxygen atoms in total. The number of aromatic nitrogens is 2. The first-order valence-corrected chi connectivity index (χ1v) is 10.0. The Hall–Kier alpha value is -4.19. The van der Waals surface area contributed by atoms with Crippen molar-refractivity contribution in [1.82, 2.24) is 9.97 Å². The topological polar surface area (TPSA) is 80.0 Å². The highest BCUT2D eigenvalue weighted by atomic mass is 16.3. The number of fused-ring (bicyclic) bond motifs is 2. The Balaban J connectivity index is 1.33. The first-order valence-electron chi connectivity index (χ1n) is 10.0. The molecule has 2 heterocycles. The van der Waals surface area contributed by atoms with Crippen molar-refractivity contribution in [3.05, 3.63) is 85.2 Å². The van der Waals surface area contributed by atoms with Crippen LogP contribution in [0.5, 0.6) is 0 Å². The van der Waals surface area contributed by atoms with Crippen molar-refractivity contribution in [2.75, 3.05) is 10.6 Å². The average molecular weight is 408 g/mol. The van der Waals surface area contributed by atoms with Gasteiger partial charge in [-0.3, -0.25) is 9.78 Å². The van der Waals surface area contributed by atoms with E-state index in [-0.39, 0.29) is 5.91 Å². The second kappa shape index (κ2) is 7.91. The van der Waals surface area contributed by atoms with Gasteiger partial charge in [0.2, 0.25) is 11.8 Å². The van der Waals surface area contributed by atoms with Gasteiger partial charge < -0.3 is 15.1 Å². The van der Waals surface area contributed by atoms with Crippen LogP contribution in [0.3, 0.4) is 0 Å². The summed E-state index contributed by atoms with van der Waals surface area (Å²) in [5.41, 5.74) is 3.78. The summed E-state index contributed by atoms with van der Waals surface area (Å²) in [5, 5.41) is 8.48. The highest BCUT2D eigenvalue weighted by molar-refractivity contribution is 6.00. The number of benzene rings is 3. The zero-order chi connectivity index (χ0) is 21.2. The molecule has 0 unspecified atom stereocenters. The first kappa shape index (κ1) is 18.8. The lowest BCUT2D eigenvalue weighted by atomic mass is 10.1. The van der Waals surface area contributed by atoms with Crippen molar-refractivity contribution in [3.63, 3.8) is 0 Å². The van der Waals surface area contributed by atoms with Gasteiger partial charge in [-0.1, -0.05) is 36.4 Å². The number of oxazole rings is 1. The monoisotopic (exact) mass is 408 g/mol. The van der Waals surface area contributed by atoms with Gasteiger partial charge in [-0.05, 0) is 48.7 Å². The molecule has 5 aromatic rings. The fraction of sp³-hybridized carbons (Fsp3) is 0.0800. The van der Waals surface area contributed by atoms with Gasteiger partial charge in [0.05, 0.1) is 0 Å². The molecule has 0 fully saturated rings. The molecule has 2 N–H and O–H groups in total. The van der Waals surface area contributed by atoms with Gasteiger partial charge in [-0.2, -0.15) is 0 Å². The van der Waals surface area contributed by atoms with Gasteiger partial charge in [0.15, 0.2) is 5.58 Å². The van der Waals surface area contributed by atoms with Gasteiger partial charge in [0.25, 0.3) is 0 Å². The van der Waals surface area contributed by atoms with E-state index < -0.39 is 6.04 Å². The molecule has 3 aromatic carbocycles. The number of rotatable bonds is 5. The van der Waals surface area contributed by atoms with Crippen molar-refractivity contribution in [1.29, 1.82) is 0 Å². The van der Waals surface area contributed by atoms with Crippen molar-refractivity contribution < 1.29 is 9.21 Å². The maximum atomic E-state index is 12.8. The number of hydrogen-bond donors (Lipinski definition) is 2. The quantitative estimate of drug-likeness (QED) is 0.402. The van der Waals surface area contributed by atoms with Crippen LogP contribution in [-0.4, -0.2) is 21.9 Å². The summed E-state index contributed by atoms with van der Waals surface area (Å²) < 4.78 is 5.82. The maximum absolute atomic E-state index is 12.8. The predicted octanol–water partition coefficient (Wildman–Crippen LogP) is 5.48. The van der Waals surface area contributed by atoms with Crippen molar-refractivity contribution >= 4 is 39.2 Å². The Morgan fingerprint density at radius 2 is 1.77 bits per heavy atom. The molecule has 5 rings (SSSR count). The van der Waals surface area contributed by atoms with E-state index in [9.17, 15) is 4.79 Å². The first-order chi connectivity index (χ1) is 15.2. The summed E-state index contributed by atoms with van der Waals surface area (Å²) in [7, 11) is 0. The lowest BCUT2D eigenvalue weighted by Crippen LogP contribution is -2.31. The van der Waals surface area contributed by atoms with Crippen LogP contribution in [0, 0.1) is 0 Å². The highest BCUT2D eigenvalue weighted by Gasteiger charge is 2.15. The van der Waals surface area contributed by atoms with E-state index in [0.717, 1.165) is 22.0 Å². The number of anilines is 2. The number of hydrogen-bond acceptors (Lipinski definition) is 5. The molecule has 0 radical (unpaired) electrons. The van der Waals surface area contributed by atoms with E-state index in [4.69, 9.17) is 4.42 Å². The molecule has 1 atom stereocenters. The lowest BCUT2D eigenvalue weighted by Gasteiger charge is -2.17. The minimum Gasteiger partial charge on any atom is -0.436 e. The van der Waals surface area contributed by atoms with E-state index in [1.165, 1.54) is 0 Å². The molecular formula is C25H20N4O2. The van der Waals surface area contributed by atoms with Crippen LogP contribution in [0.4, 0.5) is 11.4 Å². The van der Waals surface area contributed by atoms with Crippen LogP contribution in [0.15, 0.2) is 89.6 Å². The molecule has 0 bridgehead atoms. The number of amides is 1. The minimum atomic E-state index is -0.425. The molecule has 0 saturated heterocycles. The molecule has 2 aromatic heterocycles. The van der Waals surface area contributed by atoms with E-state index >= 15 is 0 Å². The Kier molecular flexibility index (Phi) is 4.80. The average Bonchev–Trinajstić information content (AvgIpc) is 3.23. The van der Waals surface area contributed by atoms with Crippen LogP contribution in [-0.2, 0) is 4.79 Å². The number of carbonyl (C=O) groups excluding carboxylic acids is 1. The van der Waals surface area contributed by atoms with Crippen molar-refractivity contribution in [2.24, 2.45) is 0 Å². The van der Waals surface area contributed by atoms with Crippen LogP contribution >= 0.6 is 0 Å². The largest absolute Gasteiger partial charge is 0.436 e. The normalized spacial score (nSPS) is 12.0. The summed E-state index contributed by atoms with van der Waals surface area (Å²) in [5.74, 6) is 0.386. The molecule has 0 spiro atoms. The third-order valence-corrected chi connectivity index (χ3v) is 5.14. The maximum Gasteiger partial charge on any atom is 0.246 e. The molecule has 6 heteroatoms. The Labute approximate surface area is 178 Å². The molecule has 0 aliphatic heterocycles. The summed E-state index contributed by atoms with van der Waals surface area (Å²) in [4.78, 5) is 21.3. The molecule has 0 aliphatic carbocycles. The van der Waals surface area contributed by atoms with Gasteiger partial charge in [0, 0.05) is 34.7 Å². The fourth-order valence-electron chi connectivity index (χ4n) is 3.52. The smallest absolute Gasteiger partial charge is 0.246 e. The lowest BCUT2D eigenvalue weighted by molar-refractivity contribution is -0.116. The number of nitrogens with zero attached hydrogens (tertiary/aromatic N) is 2. The van der Waals surface area contributed by atoms with Crippen LogP contribution in [0.2, 0.25) is 0 Å². The molecule has 152 valence electrons. The van der Waals surface area contributed by atoms with Crippen molar-refractivity contribution in [2.45, 2.75) is 13.0 Å².